The standard InChI is InChI=1S/C13H17BrN2O2/c1-13(2)10-6-15-5-8(10)7-16(13)12(17)9-3-4-18-11(9)14/h3-4,8,10,15H,5-7H2,1-2H3. The number of likely N-dealkylation sites (tertiary alicyclic amines) is 1. The van der Waals surface area contributed by atoms with Crippen LogP contribution < -0.4 is 5.32 Å². The van der Waals surface area contributed by atoms with Gasteiger partial charge in [0.15, 0.2) is 4.67 Å². The number of carbonyl (C=O) groups is 1. The Morgan fingerprint density at radius 2 is 2.33 bits per heavy atom. The summed E-state index contributed by atoms with van der Waals surface area (Å²) in [5.41, 5.74) is 0.526. The summed E-state index contributed by atoms with van der Waals surface area (Å²) in [6.45, 7) is 7.19. The van der Waals surface area contributed by atoms with Crippen molar-refractivity contribution in [1.29, 1.82) is 0 Å². The third-order valence-corrected chi connectivity index (χ3v) is 5.07. The molecule has 0 saturated carbocycles. The summed E-state index contributed by atoms with van der Waals surface area (Å²) in [6.07, 6.45) is 1.54. The molecule has 2 unspecified atom stereocenters. The zero-order chi connectivity index (χ0) is 12.9. The fraction of sp³-hybridized carbons (Fsp3) is 0.615. The van der Waals surface area contributed by atoms with Crippen molar-refractivity contribution >= 4 is 21.8 Å². The Morgan fingerprint density at radius 1 is 1.56 bits per heavy atom. The summed E-state index contributed by atoms with van der Waals surface area (Å²) >= 11 is 3.29. The van der Waals surface area contributed by atoms with E-state index in [4.69, 9.17) is 4.42 Å². The number of nitrogens with zero attached hydrogens (tertiary/aromatic N) is 1. The maximum atomic E-state index is 12.6. The molecule has 2 aliphatic heterocycles. The van der Waals surface area contributed by atoms with E-state index in [-0.39, 0.29) is 11.4 Å². The molecule has 0 spiro atoms. The fourth-order valence-electron chi connectivity index (χ4n) is 3.36. The lowest BCUT2D eigenvalue weighted by Gasteiger charge is -2.35. The molecule has 5 heteroatoms. The molecule has 1 N–H and O–H groups in total. The summed E-state index contributed by atoms with van der Waals surface area (Å²) in [7, 11) is 0. The van der Waals surface area contributed by atoms with Crippen molar-refractivity contribution in [2.75, 3.05) is 19.6 Å². The zero-order valence-corrected chi connectivity index (χ0v) is 12.2. The minimum Gasteiger partial charge on any atom is -0.457 e. The monoisotopic (exact) mass is 312 g/mol. The van der Waals surface area contributed by atoms with Crippen molar-refractivity contribution in [3.63, 3.8) is 0 Å². The van der Waals surface area contributed by atoms with Gasteiger partial charge in [0, 0.05) is 25.2 Å². The Kier molecular flexibility index (Phi) is 2.79. The summed E-state index contributed by atoms with van der Waals surface area (Å²) < 4.78 is 5.69. The van der Waals surface area contributed by atoms with Crippen LogP contribution in [-0.2, 0) is 0 Å². The Balaban J connectivity index is 1.90. The van der Waals surface area contributed by atoms with Crippen molar-refractivity contribution in [3.8, 4) is 0 Å². The largest absolute Gasteiger partial charge is 0.457 e. The molecule has 0 aromatic carbocycles. The molecule has 2 saturated heterocycles. The summed E-state index contributed by atoms with van der Waals surface area (Å²) in [5, 5.41) is 3.42. The van der Waals surface area contributed by atoms with Crippen LogP contribution in [0.4, 0.5) is 0 Å². The topological polar surface area (TPSA) is 45.5 Å². The van der Waals surface area contributed by atoms with Crippen LogP contribution in [-0.4, -0.2) is 36.0 Å². The van der Waals surface area contributed by atoms with Crippen molar-refractivity contribution < 1.29 is 9.21 Å². The number of nitrogens with one attached hydrogen (secondary N) is 1. The highest BCUT2D eigenvalue weighted by molar-refractivity contribution is 9.10. The highest BCUT2D eigenvalue weighted by Gasteiger charge is 2.51. The van der Waals surface area contributed by atoms with Gasteiger partial charge in [0.25, 0.3) is 5.91 Å². The number of fused-ring (bicyclic) bond motifs is 1. The first kappa shape index (κ1) is 12.2. The third kappa shape index (κ3) is 1.64. The molecular formula is C13H17BrN2O2. The van der Waals surface area contributed by atoms with Crippen molar-refractivity contribution in [3.05, 3.63) is 22.6 Å². The number of carbonyl (C=O) groups excluding carboxylic acids is 1. The van der Waals surface area contributed by atoms with Gasteiger partial charge in [-0.2, -0.15) is 0 Å². The van der Waals surface area contributed by atoms with Gasteiger partial charge in [-0.25, -0.2) is 0 Å². The van der Waals surface area contributed by atoms with Gasteiger partial charge in [0.2, 0.25) is 0 Å². The number of rotatable bonds is 1. The maximum absolute atomic E-state index is 12.6. The Labute approximate surface area is 115 Å². The van der Waals surface area contributed by atoms with Crippen molar-refractivity contribution in [2.24, 2.45) is 11.8 Å². The van der Waals surface area contributed by atoms with E-state index in [1.165, 1.54) is 0 Å². The molecule has 0 radical (unpaired) electrons. The minimum absolute atomic E-state index is 0.0648. The van der Waals surface area contributed by atoms with Crippen LogP contribution >= 0.6 is 15.9 Å². The van der Waals surface area contributed by atoms with Gasteiger partial charge in [0.05, 0.1) is 11.8 Å². The second-order valence-electron chi connectivity index (χ2n) is 5.70. The van der Waals surface area contributed by atoms with Gasteiger partial charge in [0.1, 0.15) is 0 Å². The lowest BCUT2D eigenvalue weighted by atomic mass is 9.85. The molecule has 2 atom stereocenters. The predicted molar refractivity (Wildman–Crippen MR) is 71.4 cm³/mol. The van der Waals surface area contributed by atoms with E-state index in [0.717, 1.165) is 19.6 Å². The molecule has 98 valence electrons. The van der Waals surface area contributed by atoms with Gasteiger partial charge in [-0.3, -0.25) is 4.79 Å². The van der Waals surface area contributed by atoms with Crippen LogP contribution in [0.5, 0.6) is 0 Å². The number of amides is 1. The fourth-order valence-corrected chi connectivity index (χ4v) is 3.77. The predicted octanol–water partition coefficient (Wildman–Crippen LogP) is 2.11. The van der Waals surface area contributed by atoms with Crippen molar-refractivity contribution in [2.45, 2.75) is 19.4 Å². The minimum atomic E-state index is -0.0953. The molecule has 4 nitrogen and oxygen atoms in total. The average molecular weight is 313 g/mol. The second-order valence-corrected chi connectivity index (χ2v) is 6.42. The third-order valence-electron chi connectivity index (χ3n) is 4.45. The summed E-state index contributed by atoms with van der Waals surface area (Å²) in [5.74, 6) is 1.19. The van der Waals surface area contributed by atoms with E-state index in [1.807, 2.05) is 4.90 Å². The second kappa shape index (κ2) is 4.10. The lowest BCUT2D eigenvalue weighted by Crippen LogP contribution is -2.47. The number of hydrogen-bond acceptors (Lipinski definition) is 3. The summed E-state index contributed by atoms with van der Waals surface area (Å²) in [4.78, 5) is 14.6. The molecule has 2 aliphatic rings. The van der Waals surface area contributed by atoms with E-state index in [1.54, 1.807) is 12.3 Å². The molecule has 2 fully saturated rings. The first-order chi connectivity index (χ1) is 8.51. The van der Waals surface area contributed by atoms with Crippen molar-refractivity contribution in [1.82, 2.24) is 10.2 Å². The van der Waals surface area contributed by atoms with Crippen LogP contribution in [0.15, 0.2) is 21.4 Å². The molecule has 0 aliphatic carbocycles. The molecule has 3 rings (SSSR count). The van der Waals surface area contributed by atoms with Gasteiger partial charge < -0.3 is 14.6 Å². The van der Waals surface area contributed by atoms with E-state index < -0.39 is 0 Å². The number of halogens is 1. The van der Waals surface area contributed by atoms with Gasteiger partial charge in [-0.1, -0.05) is 0 Å². The van der Waals surface area contributed by atoms with E-state index >= 15 is 0 Å². The molecule has 0 bridgehead atoms. The maximum Gasteiger partial charge on any atom is 0.258 e. The van der Waals surface area contributed by atoms with Gasteiger partial charge >= 0.3 is 0 Å². The highest BCUT2D eigenvalue weighted by atomic mass is 79.9. The van der Waals surface area contributed by atoms with Crippen LogP contribution in [0.25, 0.3) is 0 Å². The smallest absolute Gasteiger partial charge is 0.258 e. The molecule has 3 heterocycles. The first-order valence-electron chi connectivity index (χ1n) is 6.27. The number of furan rings is 1. The molecular weight excluding hydrogens is 296 g/mol. The average Bonchev–Trinajstić information content (AvgIpc) is 2.96. The molecule has 1 amide bonds. The normalized spacial score (nSPS) is 29.6. The quantitative estimate of drug-likeness (QED) is 0.864. The lowest BCUT2D eigenvalue weighted by molar-refractivity contribution is 0.0601. The van der Waals surface area contributed by atoms with E-state index in [0.29, 0.717) is 22.1 Å². The van der Waals surface area contributed by atoms with Gasteiger partial charge in [-0.05, 0) is 47.7 Å². The van der Waals surface area contributed by atoms with Crippen LogP contribution in [0.2, 0.25) is 0 Å². The molecule has 1 aromatic heterocycles. The van der Waals surface area contributed by atoms with Crippen LogP contribution in [0.1, 0.15) is 24.2 Å². The van der Waals surface area contributed by atoms with E-state index in [2.05, 4.69) is 35.1 Å². The Hall–Kier alpha value is -0.810. The van der Waals surface area contributed by atoms with Gasteiger partial charge in [-0.15, -0.1) is 0 Å². The van der Waals surface area contributed by atoms with Crippen LogP contribution in [0, 0.1) is 11.8 Å². The Morgan fingerprint density at radius 3 is 2.94 bits per heavy atom. The number of hydrogen-bond donors (Lipinski definition) is 1. The SMILES string of the molecule is CC1(C)C2CNCC2CN1C(=O)c1ccoc1Br. The molecule has 18 heavy (non-hydrogen) atoms. The zero-order valence-electron chi connectivity index (χ0n) is 10.6. The molecule has 1 aromatic rings. The van der Waals surface area contributed by atoms with E-state index in [9.17, 15) is 4.79 Å². The first-order valence-corrected chi connectivity index (χ1v) is 7.07. The van der Waals surface area contributed by atoms with Crippen LogP contribution in [0.3, 0.4) is 0 Å². The summed E-state index contributed by atoms with van der Waals surface area (Å²) in [6, 6.07) is 1.73. The Bertz CT molecular complexity index is 483. The highest BCUT2D eigenvalue weighted by Crippen LogP contribution is 2.41.